The van der Waals surface area contributed by atoms with Gasteiger partial charge in [0.15, 0.2) is 0 Å². The average molecular weight is 212 g/mol. The Labute approximate surface area is 96.5 Å². The normalized spacial score (nSPS) is 36.8. The highest BCUT2D eigenvalue weighted by Crippen LogP contribution is 2.61. The highest BCUT2D eigenvalue weighted by molar-refractivity contribution is 5.26. The molecule has 2 aliphatic rings. The van der Waals surface area contributed by atoms with Gasteiger partial charge in [-0.2, -0.15) is 5.26 Å². The number of benzene rings is 1. The zero-order valence-corrected chi connectivity index (χ0v) is 9.56. The standard InChI is InChI=1S/C14H16N2/c1-11-14(10-15)7-13(14)9-16(11)8-12-5-3-2-4-6-12/h2-6,11,13H,7-9H2,1H3/t11-,13+,14+/m0/s1. The first-order chi connectivity index (χ1) is 7.76. The predicted molar refractivity (Wildman–Crippen MR) is 62.5 cm³/mol. The lowest BCUT2D eigenvalue weighted by Crippen LogP contribution is -2.33. The fourth-order valence-corrected chi connectivity index (χ4v) is 3.10. The average Bonchev–Trinajstić information content (AvgIpc) is 2.97. The molecule has 3 atom stereocenters. The first kappa shape index (κ1) is 9.86. The van der Waals surface area contributed by atoms with Gasteiger partial charge in [-0.25, -0.2) is 0 Å². The van der Waals surface area contributed by atoms with Crippen molar-refractivity contribution in [3.63, 3.8) is 0 Å². The number of hydrogen-bond acceptors (Lipinski definition) is 2. The van der Waals surface area contributed by atoms with Gasteiger partial charge in [-0.15, -0.1) is 0 Å². The smallest absolute Gasteiger partial charge is 0.0770 e. The van der Waals surface area contributed by atoms with Gasteiger partial charge in [-0.1, -0.05) is 30.3 Å². The zero-order chi connectivity index (χ0) is 11.2. The second-order valence-electron chi connectivity index (χ2n) is 5.14. The minimum Gasteiger partial charge on any atom is -0.294 e. The third-order valence-electron chi connectivity index (χ3n) is 4.34. The van der Waals surface area contributed by atoms with Crippen molar-refractivity contribution in [1.29, 1.82) is 5.26 Å². The van der Waals surface area contributed by atoms with Gasteiger partial charge in [-0.3, -0.25) is 4.90 Å². The molecule has 1 saturated heterocycles. The van der Waals surface area contributed by atoms with Crippen molar-refractivity contribution >= 4 is 0 Å². The van der Waals surface area contributed by atoms with E-state index in [1.807, 2.05) is 6.07 Å². The summed E-state index contributed by atoms with van der Waals surface area (Å²) in [5, 5.41) is 9.24. The van der Waals surface area contributed by atoms with Crippen LogP contribution in [0.3, 0.4) is 0 Å². The molecule has 1 heterocycles. The minimum atomic E-state index is -0.00518. The summed E-state index contributed by atoms with van der Waals surface area (Å²) < 4.78 is 0. The van der Waals surface area contributed by atoms with Crippen LogP contribution in [0.2, 0.25) is 0 Å². The van der Waals surface area contributed by atoms with E-state index < -0.39 is 0 Å². The first-order valence-electron chi connectivity index (χ1n) is 5.95. The molecule has 82 valence electrons. The van der Waals surface area contributed by atoms with Gasteiger partial charge >= 0.3 is 0 Å². The highest BCUT2D eigenvalue weighted by Gasteiger charge is 2.64. The molecule has 0 N–H and O–H groups in total. The molecule has 16 heavy (non-hydrogen) atoms. The molecule has 1 saturated carbocycles. The van der Waals surface area contributed by atoms with Crippen LogP contribution < -0.4 is 0 Å². The Hall–Kier alpha value is -1.33. The van der Waals surface area contributed by atoms with Crippen molar-refractivity contribution in [3.05, 3.63) is 35.9 Å². The summed E-state index contributed by atoms with van der Waals surface area (Å²) >= 11 is 0. The van der Waals surface area contributed by atoms with Crippen molar-refractivity contribution in [1.82, 2.24) is 4.90 Å². The summed E-state index contributed by atoms with van der Waals surface area (Å²) in [6.07, 6.45) is 1.12. The molecule has 1 aliphatic heterocycles. The van der Waals surface area contributed by atoms with Crippen LogP contribution in [0.4, 0.5) is 0 Å². The van der Waals surface area contributed by atoms with E-state index in [0.717, 1.165) is 19.5 Å². The number of fused-ring (bicyclic) bond motifs is 1. The minimum absolute atomic E-state index is 0.00518. The van der Waals surface area contributed by atoms with E-state index in [2.05, 4.69) is 42.2 Å². The molecule has 2 nitrogen and oxygen atoms in total. The second-order valence-corrected chi connectivity index (χ2v) is 5.14. The van der Waals surface area contributed by atoms with Crippen LogP contribution >= 0.6 is 0 Å². The maximum atomic E-state index is 9.24. The van der Waals surface area contributed by atoms with E-state index in [1.165, 1.54) is 5.56 Å². The fraction of sp³-hybridized carbons (Fsp3) is 0.500. The molecule has 0 bridgehead atoms. The lowest BCUT2D eigenvalue weighted by molar-refractivity contribution is 0.209. The number of nitrogens with zero attached hydrogens (tertiary/aromatic N) is 2. The molecule has 1 aliphatic carbocycles. The lowest BCUT2D eigenvalue weighted by atomic mass is 10.00. The Bertz CT molecular complexity index is 434. The summed E-state index contributed by atoms with van der Waals surface area (Å²) in [5.41, 5.74) is 1.35. The van der Waals surface area contributed by atoms with Gasteiger partial charge in [0, 0.05) is 19.1 Å². The number of nitriles is 1. The van der Waals surface area contributed by atoms with Crippen molar-refractivity contribution < 1.29 is 0 Å². The Morgan fingerprint density at radius 3 is 2.81 bits per heavy atom. The summed E-state index contributed by atoms with van der Waals surface area (Å²) in [5.74, 6) is 0.635. The zero-order valence-electron chi connectivity index (χ0n) is 9.56. The van der Waals surface area contributed by atoms with Crippen molar-refractivity contribution in [2.24, 2.45) is 11.3 Å². The van der Waals surface area contributed by atoms with E-state index in [1.54, 1.807) is 0 Å². The van der Waals surface area contributed by atoms with Crippen LogP contribution in [0.1, 0.15) is 18.9 Å². The number of piperidine rings is 1. The van der Waals surface area contributed by atoms with E-state index in [-0.39, 0.29) is 5.41 Å². The summed E-state index contributed by atoms with van der Waals surface area (Å²) in [7, 11) is 0. The molecule has 1 aromatic rings. The number of likely N-dealkylation sites (tertiary alicyclic amines) is 1. The largest absolute Gasteiger partial charge is 0.294 e. The Morgan fingerprint density at radius 2 is 2.19 bits per heavy atom. The van der Waals surface area contributed by atoms with Gasteiger partial charge < -0.3 is 0 Å². The van der Waals surface area contributed by atoms with E-state index in [0.29, 0.717) is 12.0 Å². The number of hydrogen-bond donors (Lipinski definition) is 0. The van der Waals surface area contributed by atoms with Gasteiger partial charge in [0.1, 0.15) is 0 Å². The summed E-state index contributed by atoms with van der Waals surface area (Å²) in [4.78, 5) is 2.45. The summed E-state index contributed by atoms with van der Waals surface area (Å²) in [6, 6.07) is 13.5. The third kappa shape index (κ3) is 1.28. The van der Waals surface area contributed by atoms with Crippen LogP contribution in [0.25, 0.3) is 0 Å². The van der Waals surface area contributed by atoms with Crippen LogP contribution in [0.5, 0.6) is 0 Å². The monoisotopic (exact) mass is 212 g/mol. The van der Waals surface area contributed by atoms with Gasteiger partial charge in [-0.05, 0) is 24.8 Å². The van der Waals surface area contributed by atoms with Gasteiger partial charge in [0.2, 0.25) is 0 Å². The Morgan fingerprint density at radius 1 is 1.44 bits per heavy atom. The molecule has 0 radical (unpaired) electrons. The van der Waals surface area contributed by atoms with Gasteiger partial charge in [0.25, 0.3) is 0 Å². The van der Waals surface area contributed by atoms with Crippen LogP contribution in [0, 0.1) is 22.7 Å². The topological polar surface area (TPSA) is 27.0 Å². The van der Waals surface area contributed by atoms with Crippen LogP contribution in [0.15, 0.2) is 30.3 Å². The van der Waals surface area contributed by atoms with Gasteiger partial charge in [0.05, 0.1) is 11.5 Å². The molecule has 0 aromatic heterocycles. The quantitative estimate of drug-likeness (QED) is 0.752. The molecular formula is C14H16N2. The summed E-state index contributed by atoms with van der Waals surface area (Å²) in [6.45, 7) is 4.30. The predicted octanol–water partition coefficient (Wildman–Crippen LogP) is 2.42. The molecular weight excluding hydrogens is 196 g/mol. The van der Waals surface area contributed by atoms with Crippen LogP contribution in [-0.2, 0) is 6.54 Å². The molecule has 0 spiro atoms. The molecule has 3 rings (SSSR count). The van der Waals surface area contributed by atoms with E-state index >= 15 is 0 Å². The molecule has 0 amide bonds. The number of rotatable bonds is 2. The molecule has 1 aromatic carbocycles. The van der Waals surface area contributed by atoms with Crippen molar-refractivity contribution in [2.45, 2.75) is 25.9 Å². The second kappa shape index (κ2) is 3.33. The maximum absolute atomic E-state index is 9.24. The SMILES string of the molecule is C[C@@H]1N(Cc2ccccc2)C[C@H]2C[C@]21C#N. The highest BCUT2D eigenvalue weighted by atomic mass is 15.2. The Balaban J connectivity index is 1.74. The van der Waals surface area contributed by atoms with Crippen molar-refractivity contribution in [2.75, 3.05) is 6.54 Å². The molecule has 2 heteroatoms. The maximum Gasteiger partial charge on any atom is 0.0770 e. The third-order valence-corrected chi connectivity index (χ3v) is 4.34. The lowest BCUT2D eigenvalue weighted by Gasteiger charge is -2.26. The van der Waals surface area contributed by atoms with E-state index in [4.69, 9.17) is 0 Å². The molecule has 0 unspecified atom stereocenters. The fourth-order valence-electron chi connectivity index (χ4n) is 3.10. The Kier molecular flexibility index (Phi) is 2.05. The van der Waals surface area contributed by atoms with Crippen molar-refractivity contribution in [3.8, 4) is 6.07 Å². The first-order valence-corrected chi connectivity index (χ1v) is 5.95. The van der Waals surface area contributed by atoms with Crippen LogP contribution in [-0.4, -0.2) is 17.5 Å². The molecule has 2 fully saturated rings. The van der Waals surface area contributed by atoms with E-state index in [9.17, 15) is 5.26 Å².